The molecular formula is C21H40O4. The lowest BCUT2D eigenvalue weighted by Gasteiger charge is -2.16. The maximum Gasteiger partial charge on any atom is 0.302 e. The van der Waals surface area contributed by atoms with Crippen LogP contribution in [0.2, 0.25) is 0 Å². The van der Waals surface area contributed by atoms with Crippen LogP contribution in [0.25, 0.3) is 0 Å². The summed E-state index contributed by atoms with van der Waals surface area (Å²) in [6.07, 6.45) is 15.2. The molecule has 0 saturated heterocycles. The number of carbonyl (C=O) groups is 2. The summed E-state index contributed by atoms with van der Waals surface area (Å²) in [4.78, 5) is 22.0. The van der Waals surface area contributed by atoms with Crippen molar-refractivity contribution in [1.29, 1.82) is 0 Å². The van der Waals surface area contributed by atoms with Gasteiger partial charge in [0.1, 0.15) is 6.10 Å². The molecule has 0 saturated carbocycles. The van der Waals surface area contributed by atoms with Gasteiger partial charge in [-0.15, -0.1) is 0 Å². The highest BCUT2D eigenvalue weighted by Crippen LogP contribution is 2.16. The van der Waals surface area contributed by atoms with Crippen molar-refractivity contribution < 1.29 is 19.1 Å². The first-order valence-corrected chi connectivity index (χ1v) is 10.3. The topological polar surface area (TPSA) is 52.6 Å². The Morgan fingerprint density at radius 3 is 1.60 bits per heavy atom. The molecule has 0 fully saturated rings. The lowest BCUT2D eigenvalue weighted by molar-refractivity contribution is -0.147. The van der Waals surface area contributed by atoms with E-state index in [0.29, 0.717) is 0 Å². The Kier molecular flexibility index (Phi) is 15.7. The number of ether oxygens (including phenoxy) is 2. The van der Waals surface area contributed by atoms with E-state index in [-0.39, 0.29) is 24.1 Å². The third-order valence-corrected chi connectivity index (χ3v) is 4.47. The summed E-state index contributed by atoms with van der Waals surface area (Å²) in [6.45, 7) is 7.13. The zero-order valence-corrected chi connectivity index (χ0v) is 17.0. The average molecular weight is 357 g/mol. The molecular weight excluding hydrogens is 316 g/mol. The second-order valence-corrected chi connectivity index (χ2v) is 7.20. The summed E-state index contributed by atoms with van der Waals surface area (Å²) in [5.41, 5.74) is 0. The molecule has 0 amide bonds. The van der Waals surface area contributed by atoms with Crippen LogP contribution in [0.15, 0.2) is 0 Å². The van der Waals surface area contributed by atoms with Crippen LogP contribution >= 0.6 is 0 Å². The van der Waals surface area contributed by atoms with E-state index < -0.39 is 0 Å². The van der Waals surface area contributed by atoms with Crippen LogP contribution in [-0.2, 0) is 19.1 Å². The summed E-state index contributed by atoms with van der Waals surface area (Å²) < 4.78 is 10.6. The molecule has 0 rings (SSSR count). The maximum atomic E-state index is 11.2. The van der Waals surface area contributed by atoms with Crippen molar-refractivity contribution in [3.63, 3.8) is 0 Å². The second kappa shape index (κ2) is 16.4. The van der Waals surface area contributed by atoms with Gasteiger partial charge in [-0.2, -0.15) is 0 Å². The normalized spacial score (nSPS) is 13.3. The summed E-state index contributed by atoms with van der Waals surface area (Å²) >= 11 is 0. The summed E-state index contributed by atoms with van der Waals surface area (Å²) in [7, 11) is 0. The lowest BCUT2D eigenvalue weighted by Crippen LogP contribution is -2.16. The Labute approximate surface area is 155 Å². The molecule has 0 aliphatic heterocycles. The average Bonchev–Trinajstić information content (AvgIpc) is 2.52. The van der Waals surface area contributed by atoms with Gasteiger partial charge in [-0.1, -0.05) is 51.9 Å². The molecule has 0 aromatic carbocycles. The molecule has 0 aliphatic rings. The largest absolute Gasteiger partial charge is 0.463 e. The Balaban J connectivity index is 3.55. The summed E-state index contributed by atoms with van der Waals surface area (Å²) in [6, 6.07) is 0. The zero-order chi connectivity index (χ0) is 18.9. The molecule has 148 valence electrons. The predicted octanol–water partition coefficient (Wildman–Crippen LogP) is 5.96. The smallest absolute Gasteiger partial charge is 0.302 e. The van der Waals surface area contributed by atoms with Gasteiger partial charge in [0.25, 0.3) is 0 Å². The van der Waals surface area contributed by atoms with E-state index >= 15 is 0 Å². The first kappa shape index (κ1) is 23.9. The fourth-order valence-electron chi connectivity index (χ4n) is 3.15. The minimum absolute atomic E-state index is 0.0448. The third-order valence-electron chi connectivity index (χ3n) is 4.47. The molecule has 0 radical (unpaired) electrons. The van der Waals surface area contributed by atoms with E-state index in [4.69, 9.17) is 9.47 Å². The van der Waals surface area contributed by atoms with Crippen LogP contribution in [-0.4, -0.2) is 24.1 Å². The standard InChI is InChI=1S/C21H40O4/c1-5-6-12-16-21(25-20(4)23)17-14-11-9-7-8-10-13-15-18(2)24-19(3)22/h18,21H,5-17H2,1-4H3/t18-,21-/m0/s1. The number of hydrogen-bond acceptors (Lipinski definition) is 4. The first-order valence-electron chi connectivity index (χ1n) is 10.3. The Morgan fingerprint density at radius 1 is 0.680 bits per heavy atom. The van der Waals surface area contributed by atoms with E-state index in [1.807, 2.05) is 6.92 Å². The molecule has 0 heterocycles. The highest BCUT2D eigenvalue weighted by atomic mass is 16.5. The number of rotatable bonds is 16. The van der Waals surface area contributed by atoms with Crippen LogP contribution in [0.5, 0.6) is 0 Å². The number of carbonyl (C=O) groups excluding carboxylic acids is 2. The molecule has 0 aromatic rings. The van der Waals surface area contributed by atoms with Crippen LogP contribution in [0, 0.1) is 0 Å². The fourth-order valence-corrected chi connectivity index (χ4v) is 3.15. The van der Waals surface area contributed by atoms with Gasteiger partial charge in [0.15, 0.2) is 0 Å². The third kappa shape index (κ3) is 17.6. The van der Waals surface area contributed by atoms with Crippen LogP contribution in [0.4, 0.5) is 0 Å². The molecule has 25 heavy (non-hydrogen) atoms. The van der Waals surface area contributed by atoms with Gasteiger partial charge in [0.05, 0.1) is 6.10 Å². The van der Waals surface area contributed by atoms with Crippen LogP contribution < -0.4 is 0 Å². The maximum absolute atomic E-state index is 11.2. The predicted molar refractivity (Wildman–Crippen MR) is 102 cm³/mol. The number of unbranched alkanes of at least 4 members (excludes halogenated alkanes) is 8. The minimum atomic E-state index is -0.186. The van der Waals surface area contributed by atoms with Crippen molar-refractivity contribution in [2.75, 3.05) is 0 Å². The second-order valence-electron chi connectivity index (χ2n) is 7.20. The van der Waals surface area contributed by atoms with Crippen molar-refractivity contribution in [3.8, 4) is 0 Å². The van der Waals surface area contributed by atoms with Crippen molar-refractivity contribution in [1.82, 2.24) is 0 Å². The zero-order valence-electron chi connectivity index (χ0n) is 17.0. The summed E-state index contributed by atoms with van der Waals surface area (Å²) in [5.74, 6) is -0.335. The quantitative estimate of drug-likeness (QED) is 0.253. The molecule has 4 heteroatoms. The fraction of sp³-hybridized carbons (Fsp3) is 0.905. The lowest BCUT2D eigenvalue weighted by atomic mass is 10.0. The van der Waals surface area contributed by atoms with Gasteiger partial charge < -0.3 is 9.47 Å². The molecule has 0 aromatic heterocycles. The van der Waals surface area contributed by atoms with Crippen molar-refractivity contribution in [2.24, 2.45) is 0 Å². The SMILES string of the molecule is CCCCC[C@@H](CCCCCCCCC[C@H](C)OC(C)=O)OC(C)=O. The van der Waals surface area contributed by atoms with E-state index in [9.17, 15) is 9.59 Å². The van der Waals surface area contributed by atoms with E-state index in [2.05, 4.69) is 6.92 Å². The van der Waals surface area contributed by atoms with E-state index in [1.54, 1.807) is 0 Å². The molecule has 4 nitrogen and oxygen atoms in total. The Morgan fingerprint density at radius 2 is 1.12 bits per heavy atom. The van der Waals surface area contributed by atoms with Gasteiger partial charge >= 0.3 is 11.9 Å². The van der Waals surface area contributed by atoms with E-state index in [1.165, 1.54) is 58.8 Å². The Hall–Kier alpha value is -1.06. The monoisotopic (exact) mass is 356 g/mol. The highest BCUT2D eigenvalue weighted by Gasteiger charge is 2.11. The van der Waals surface area contributed by atoms with Crippen molar-refractivity contribution >= 4 is 11.9 Å². The van der Waals surface area contributed by atoms with Gasteiger partial charge in [-0.25, -0.2) is 0 Å². The molecule has 0 N–H and O–H groups in total. The Bertz CT molecular complexity index is 341. The minimum Gasteiger partial charge on any atom is -0.463 e. The first-order chi connectivity index (χ1) is 12.0. The summed E-state index contributed by atoms with van der Waals surface area (Å²) in [5, 5.41) is 0. The van der Waals surface area contributed by atoms with Gasteiger partial charge in [0.2, 0.25) is 0 Å². The molecule has 0 unspecified atom stereocenters. The van der Waals surface area contributed by atoms with Crippen LogP contribution in [0.3, 0.4) is 0 Å². The van der Waals surface area contributed by atoms with Gasteiger partial charge in [0, 0.05) is 13.8 Å². The van der Waals surface area contributed by atoms with Crippen LogP contribution in [0.1, 0.15) is 111 Å². The molecule has 0 bridgehead atoms. The van der Waals surface area contributed by atoms with E-state index in [0.717, 1.165) is 38.5 Å². The molecule has 2 atom stereocenters. The van der Waals surface area contributed by atoms with Crippen molar-refractivity contribution in [3.05, 3.63) is 0 Å². The van der Waals surface area contributed by atoms with Crippen molar-refractivity contribution in [2.45, 2.75) is 123 Å². The number of hydrogen-bond donors (Lipinski definition) is 0. The molecule has 0 spiro atoms. The number of esters is 2. The molecule has 0 aliphatic carbocycles. The van der Waals surface area contributed by atoms with Gasteiger partial charge in [-0.3, -0.25) is 9.59 Å². The van der Waals surface area contributed by atoms with Gasteiger partial charge in [-0.05, 0) is 45.4 Å². The highest BCUT2D eigenvalue weighted by molar-refractivity contribution is 5.66.